The molecule has 0 aromatic heterocycles. The first-order valence-electron chi connectivity index (χ1n) is 4.07. The van der Waals surface area contributed by atoms with E-state index >= 15 is 0 Å². The molecule has 0 rings (SSSR count). The molecule has 0 N–H and O–H groups in total. The summed E-state index contributed by atoms with van der Waals surface area (Å²) in [4.78, 5) is 12.1. The van der Waals surface area contributed by atoms with Crippen molar-refractivity contribution in [2.24, 2.45) is 9.98 Å². The average molecular weight is 182 g/mol. The van der Waals surface area contributed by atoms with Crippen LogP contribution in [-0.4, -0.2) is 49.8 Å². The summed E-state index contributed by atoms with van der Waals surface area (Å²) in [6.07, 6.45) is 1.49. The van der Waals surface area contributed by atoms with Gasteiger partial charge >= 0.3 is 0 Å². The van der Waals surface area contributed by atoms with Crippen molar-refractivity contribution in [1.82, 2.24) is 9.80 Å². The summed E-state index contributed by atoms with van der Waals surface area (Å²) in [6.45, 7) is 5.47. The molecule has 13 heavy (non-hydrogen) atoms. The van der Waals surface area contributed by atoms with Crippen LogP contribution < -0.4 is 0 Å². The number of amidine groups is 1. The molecule has 0 aromatic rings. The molecule has 0 amide bonds. The van der Waals surface area contributed by atoms with E-state index in [4.69, 9.17) is 0 Å². The molecule has 0 radical (unpaired) electrons. The normalized spacial score (nSPS) is 12.7. The molecular formula is C9H18N4. The lowest BCUT2D eigenvalue weighted by Gasteiger charge is -2.15. The second-order valence-corrected chi connectivity index (χ2v) is 3.06. The first kappa shape index (κ1) is 11.7. The average Bonchev–Trinajstić information content (AvgIpc) is 2.03. The summed E-state index contributed by atoms with van der Waals surface area (Å²) in [5, 5.41) is 0. The quantitative estimate of drug-likeness (QED) is 0.448. The highest BCUT2D eigenvalue weighted by molar-refractivity contribution is 5.94. The highest BCUT2D eigenvalue weighted by Gasteiger charge is 2.00. The van der Waals surface area contributed by atoms with Crippen molar-refractivity contribution in [1.29, 1.82) is 0 Å². The van der Waals surface area contributed by atoms with E-state index in [1.165, 1.54) is 6.20 Å². The van der Waals surface area contributed by atoms with Crippen LogP contribution in [0.1, 0.15) is 6.92 Å². The molecule has 4 heteroatoms. The zero-order valence-electron chi connectivity index (χ0n) is 9.07. The minimum absolute atomic E-state index is 0.654. The predicted molar refractivity (Wildman–Crippen MR) is 58.1 cm³/mol. The van der Waals surface area contributed by atoms with Crippen molar-refractivity contribution in [3.05, 3.63) is 12.8 Å². The van der Waals surface area contributed by atoms with Crippen LogP contribution in [0.15, 0.2) is 22.8 Å². The third-order valence-corrected chi connectivity index (χ3v) is 1.52. The Morgan fingerprint density at radius 3 is 2.00 bits per heavy atom. The Labute approximate surface area is 80.3 Å². The van der Waals surface area contributed by atoms with Gasteiger partial charge in [-0.15, -0.1) is 0 Å². The molecule has 0 aliphatic carbocycles. The zero-order chi connectivity index (χ0) is 10.4. The van der Waals surface area contributed by atoms with E-state index < -0.39 is 0 Å². The van der Waals surface area contributed by atoms with Gasteiger partial charge in [-0.25, -0.2) is 9.98 Å². The minimum atomic E-state index is 0.654. The van der Waals surface area contributed by atoms with Crippen molar-refractivity contribution < 1.29 is 0 Å². The third kappa shape index (κ3) is 4.30. The summed E-state index contributed by atoms with van der Waals surface area (Å²) < 4.78 is 0. The molecule has 0 bridgehead atoms. The van der Waals surface area contributed by atoms with Crippen molar-refractivity contribution in [2.75, 3.05) is 28.2 Å². The lowest BCUT2D eigenvalue weighted by molar-refractivity contribution is 0.598. The maximum atomic E-state index is 4.31. The van der Waals surface area contributed by atoms with Crippen LogP contribution in [0.2, 0.25) is 0 Å². The van der Waals surface area contributed by atoms with Gasteiger partial charge in [-0.2, -0.15) is 0 Å². The molecule has 0 heterocycles. The van der Waals surface area contributed by atoms with E-state index in [0.717, 1.165) is 5.84 Å². The fraction of sp³-hybridized carbons (Fsp3) is 0.556. The van der Waals surface area contributed by atoms with Gasteiger partial charge in [-0.1, -0.05) is 6.58 Å². The van der Waals surface area contributed by atoms with Crippen molar-refractivity contribution in [3.8, 4) is 0 Å². The molecule has 0 aromatic carbocycles. The SMILES string of the molecule is C=CN=C(N=C(C)N(C)C)N(C)C. The Bertz CT molecular complexity index is 226. The van der Waals surface area contributed by atoms with Crippen molar-refractivity contribution in [3.63, 3.8) is 0 Å². The standard InChI is InChI=1S/C9H18N4/c1-7-10-9(13(5)6)11-8(2)12(3)4/h7H,1H2,2-6H3. The number of rotatable bonds is 1. The van der Waals surface area contributed by atoms with Gasteiger partial charge in [-0.05, 0) is 6.92 Å². The molecule has 0 fully saturated rings. The molecule has 0 aliphatic rings. The number of nitrogens with zero attached hydrogens (tertiary/aromatic N) is 4. The molecule has 0 saturated carbocycles. The molecule has 0 atom stereocenters. The van der Waals surface area contributed by atoms with Crippen LogP contribution in [0.5, 0.6) is 0 Å². The monoisotopic (exact) mass is 182 g/mol. The predicted octanol–water partition coefficient (Wildman–Crippen LogP) is 1.03. The van der Waals surface area contributed by atoms with E-state index in [1.807, 2.05) is 44.9 Å². The fourth-order valence-electron chi connectivity index (χ4n) is 0.571. The van der Waals surface area contributed by atoms with Gasteiger partial charge in [0, 0.05) is 34.4 Å². The second kappa shape index (κ2) is 5.35. The summed E-state index contributed by atoms with van der Waals surface area (Å²) in [5.74, 6) is 1.57. The van der Waals surface area contributed by atoms with Crippen LogP contribution in [0.4, 0.5) is 0 Å². The molecule has 0 aliphatic heterocycles. The zero-order valence-corrected chi connectivity index (χ0v) is 9.07. The summed E-state index contributed by atoms with van der Waals surface area (Å²) in [6, 6.07) is 0. The number of guanidine groups is 1. The Morgan fingerprint density at radius 1 is 1.15 bits per heavy atom. The Hall–Kier alpha value is -1.32. The van der Waals surface area contributed by atoms with Gasteiger partial charge in [-0.3, -0.25) is 0 Å². The first-order valence-corrected chi connectivity index (χ1v) is 4.07. The van der Waals surface area contributed by atoms with E-state index in [0.29, 0.717) is 5.96 Å². The third-order valence-electron chi connectivity index (χ3n) is 1.52. The Morgan fingerprint density at radius 2 is 1.69 bits per heavy atom. The van der Waals surface area contributed by atoms with Gasteiger partial charge in [0.05, 0.1) is 0 Å². The number of hydrogen-bond acceptors (Lipinski definition) is 1. The fourth-order valence-corrected chi connectivity index (χ4v) is 0.571. The highest BCUT2D eigenvalue weighted by Crippen LogP contribution is 1.91. The molecule has 0 spiro atoms. The van der Waals surface area contributed by atoms with Crippen molar-refractivity contribution >= 4 is 11.8 Å². The van der Waals surface area contributed by atoms with Crippen LogP contribution in [0.25, 0.3) is 0 Å². The summed E-state index contributed by atoms with van der Waals surface area (Å²) in [7, 11) is 7.68. The van der Waals surface area contributed by atoms with Crippen LogP contribution in [0.3, 0.4) is 0 Å². The number of aliphatic imine (C=N–C) groups is 2. The van der Waals surface area contributed by atoms with Gasteiger partial charge in [0.2, 0.25) is 5.96 Å². The maximum absolute atomic E-state index is 4.31. The molecular weight excluding hydrogens is 164 g/mol. The van der Waals surface area contributed by atoms with E-state index in [9.17, 15) is 0 Å². The van der Waals surface area contributed by atoms with E-state index in [1.54, 1.807) is 0 Å². The first-order chi connectivity index (χ1) is 5.99. The van der Waals surface area contributed by atoms with E-state index in [-0.39, 0.29) is 0 Å². The number of hydrogen-bond donors (Lipinski definition) is 0. The van der Waals surface area contributed by atoms with Crippen LogP contribution >= 0.6 is 0 Å². The van der Waals surface area contributed by atoms with Gasteiger partial charge in [0.1, 0.15) is 5.84 Å². The maximum Gasteiger partial charge on any atom is 0.226 e. The van der Waals surface area contributed by atoms with Gasteiger partial charge in [0.15, 0.2) is 0 Å². The molecule has 0 saturated heterocycles. The molecule has 74 valence electrons. The lowest BCUT2D eigenvalue weighted by Crippen LogP contribution is -2.25. The Kier molecular flexibility index (Phi) is 4.80. The van der Waals surface area contributed by atoms with Gasteiger partial charge < -0.3 is 9.80 Å². The topological polar surface area (TPSA) is 31.2 Å². The largest absolute Gasteiger partial charge is 0.366 e. The molecule has 0 unspecified atom stereocenters. The van der Waals surface area contributed by atoms with Gasteiger partial charge in [0.25, 0.3) is 0 Å². The Balaban J connectivity index is 4.70. The lowest BCUT2D eigenvalue weighted by atomic mass is 10.6. The van der Waals surface area contributed by atoms with Crippen molar-refractivity contribution in [2.45, 2.75) is 6.92 Å². The highest BCUT2D eigenvalue weighted by atomic mass is 15.3. The summed E-state index contributed by atoms with van der Waals surface area (Å²) in [5.41, 5.74) is 0. The second-order valence-electron chi connectivity index (χ2n) is 3.06. The van der Waals surface area contributed by atoms with E-state index in [2.05, 4.69) is 16.6 Å². The minimum Gasteiger partial charge on any atom is -0.366 e. The van der Waals surface area contributed by atoms with Crippen LogP contribution in [0, 0.1) is 0 Å². The summed E-state index contributed by atoms with van der Waals surface area (Å²) >= 11 is 0. The smallest absolute Gasteiger partial charge is 0.226 e. The molecule has 4 nitrogen and oxygen atoms in total. The van der Waals surface area contributed by atoms with Crippen LogP contribution in [-0.2, 0) is 0 Å².